The van der Waals surface area contributed by atoms with Gasteiger partial charge in [-0.3, -0.25) is 0 Å². The second-order valence-corrected chi connectivity index (χ2v) is 6.17. The Morgan fingerprint density at radius 3 is 2.53 bits per heavy atom. The van der Waals surface area contributed by atoms with Crippen molar-refractivity contribution in [3.8, 4) is 0 Å². The lowest BCUT2D eigenvalue weighted by Gasteiger charge is -2.40. The van der Waals surface area contributed by atoms with Gasteiger partial charge < -0.3 is 15.4 Å². The molecule has 1 fully saturated rings. The lowest BCUT2D eigenvalue weighted by atomic mass is 9.91. The van der Waals surface area contributed by atoms with E-state index >= 15 is 0 Å². The van der Waals surface area contributed by atoms with Crippen molar-refractivity contribution in [1.82, 2.24) is 4.90 Å². The summed E-state index contributed by atoms with van der Waals surface area (Å²) in [6, 6.07) is 0. The van der Waals surface area contributed by atoms with Crippen molar-refractivity contribution in [1.29, 1.82) is 0 Å². The predicted octanol–water partition coefficient (Wildman–Crippen LogP) is 2.23. The number of carbonyl (C=O) groups excluding carboxylic acids is 1. The van der Waals surface area contributed by atoms with Gasteiger partial charge in [-0.15, -0.1) is 0 Å². The van der Waals surface area contributed by atoms with Crippen LogP contribution in [0.25, 0.3) is 0 Å². The van der Waals surface area contributed by atoms with E-state index in [9.17, 15) is 4.79 Å². The highest BCUT2D eigenvalue weighted by Gasteiger charge is 2.33. The van der Waals surface area contributed by atoms with E-state index in [4.69, 9.17) is 10.5 Å². The Kier molecular flexibility index (Phi) is 4.80. The summed E-state index contributed by atoms with van der Waals surface area (Å²) in [7, 11) is 0. The van der Waals surface area contributed by atoms with Gasteiger partial charge in [-0.1, -0.05) is 6.92 Å². The SMILES string of the molecule is CC(CN)CCC1CN(C(=O)OC(C)(C)C)C1. The molecule has 4 heteroatoms. The van der Waals surface area contributed by atoms with E-state index in [0.29, 0.717) is 11.8 Å². The molecule has 0 aliphatic carbocycles. The summed E-state index contributed by atoms with van der Waals surface area (Å²) in [4.78, 5) is 13.4. The van der Waals surface area contributed by atoms with Crippen LogP contribution in [0.15, 0.2) is 0 Å². The maximum atomic E-state index is 11.7. The number of nitrogens with two attached hydrogens (primary N) is 1. The van der Waals surface area contributed by atoms with Crippen LogP contribution in [0, 0.1) is 11.8 Å². The highest BCUT2D eigenvalue weighted by Crippen LogP contribution is 2.24. The Hall–Kier alpha value is -0.770. The molecule has 1 saturated heterocycles. The second kappa shape index (κ2) is 5.71. The van der Waals surface area contributed by atoms with E-state index in [0.717, 1.165) is 32.5 Å². The summed E-state index contributed by atoms with van der Waals surface area (Å²) in [5.41, 5.74) is 5.19. The quantitative estimate of drug-likeness (QED) is 0.822. The van der Waals surface area contributed by atoms with Gasteiger partial charge in [-0.2, -0.15) is 0 Å². The third-order valence-electron chi connectivity index (χ3n) is 3.08. The van der Waals surface area contributed by atoms with Gasteiger partial charge in [0, 0.05) is 13.1 Å². The van der Waals surface area contributed by atoms with Crippen LogP contribution >= 0.6 is 0 Å². The molecule has 0 spiro atoms. The molecular formula is C13H26N2O2. The molecule has 0 radical (unpaired) electrons. The first-order valence-electron chi connectivity index (χ1n) is 6.50. The van der Waals surface area contributed by atoms with E-state index in [-0.39, 0.29) is 6.09 Å². The Morgan fingerprint density at radius 2 is 2.06 bits per heavy atom. The summed E-state index contributed by atoms with van der Waals surface area (Å²) >= 11 is 0. The molecule has 1 aliphatic heterocycles. The lowest BCUT2D eigenvalue weighted by molar-refractivity contribution is -0.00278. The molecule has 0 aromatic rings. The van der Waals surface area contributed by atoms with Crippen LogP contribution in [0.1, 0.15) is 40.5 Å². The molecule has 2 N–H and O–H groups in total. The minimum atomic E-state index is -0.393. The van der Waals surface area contributed by atoms with E-state index < -0.39 is 5.60 Å². The van der Waals surface area contributed by atoms with Crippen molar-refractivity contribution in [2.45, 2.75) is 46.1 Å². The minimum absolute atomic E-state index is 0.180. The topological polar surface area (TPSA) is 55.6 Å². The van der Waals surface area contributed by atoms with Gasteiger partial charge >= 0.3 is 6.09 Å². The van der Waals surface area contributed by atoms with Gasteiger partial charge in [0.1, 0.15) is 5.60 Å². The van der Waals surface area contributed by atoms with Crippen LogP contribution in [-0.2, 0) is 4.74 Å². The Bertz CT molecular complexity index is 255. The van der Waals surface area contributed by atoms with Gasteiger partial charge in [0.05, 0.1) is 0 Å². The lowest BCUT2D eigenvalue weighted by Crippen LogP contribution is -2.51. The molecule has 4 nitrogen and oxygen atoms in total. The van der Waals surface area contributed by atoms with Crippen LogP contribution in [0.2, 0.25) is 0 Å². The number of nitrogens with zero attached hydrogens (tertiary/aromatic N) is 1. The first kappa shape index (κ1) is 14.3. The fraction of sp³-hybridized carbons (Fsp3) is 0.923. The summed E-state index contributed by atoms with van der Waals surface area (Å²) < 4.78 is 5.30. The predicted molar refractivity (Wildman–Crippen MR) is 68.7 cm³/mol. The fourth-order valence-corrected chi connectivity index (χ4v) is 1.87. The van der Waals surface area contributed by atoms with Crippen LogP contribution in [-0.4, -0.2) is 36.2 Å². The molecule has 0 saturated carbocycles. The molecule has 1 atom stereocenters. The summed E-state index contributed by atoms with van der Waals surface area (Å²) in [6.45, 7) is 10.3. The van der Waals surface area contributed by atoms with E-state index in [1.165, 1.54) is 0 Å². The monoisotopic (exact) mass is 242 g/mol. The standard InChI is InChI=1S/C13H26N2O2/c1-10(7-14)5-6-11-8-15(9-11)12(16)17-13(2,3)4/h10-11H,5-9,14H2,1-4H3. The van der Waals surface area contributed by atoms with Crippen LogP contribution < -0.4 is 5.73 Å². The molecule has 1 rings (SSSR count). The molecule has 0 bridgehead atoms. The van der Waals surface area contributed by atoms with E-state index in [1.807, 2.05) is 20.8 Å². The number of likely N-dealkylation sites (tertiary alicyclic amines) is 1. The molecule has 0 aromatic carbocycles. The minimum Gasteiger partial charge on any atom is -0.444 e. The summed E-state index contributed by atoms with van der Waals surface area (Å²) in [5.74, 6) is 1.22. The van der Waals surface area contributed by atoms with Crippen LogP contribution in [0.4, 0.5) is 4.79 Å². The average molecular weight is 242 g/mol. The number of carbonyl (C=O) groups is 1. The third kappa shape index (κ3) is 4.94. The zero-order valence-corrected chi connectivity index (χ0v) is 11.5. The molecule has 1 amide bonds. The normalized spacial score (nSPS) is 18.8. The molecule has 17 heavy (non-hydrogen) atoms. The van der Waals surface area contributed by atoms with Gasteiger partial charge in [-0.25, -0.2) is 4.79 Å². The molecule has 1 heterocycles. The van der Waals surface area contributed by atoms with Gasteiger partial charge in [-0.05, 0) is 52.0 Å². The highest BCUT2D eigenvalue weighted by molar-refractivity contribution is 5.69. The van der Waals surface area contributed by atoms with Gasteiger partial charge in [0.15, 0.2) is 0 Å². The number of hydrogen-bond acceptors (Lipinski definition) is 3. The Balaban J connectivity index is 2.16. The number of hydrogen-bond donors (Lipinski definition) is 1. The molecule has 1 aliphatic rings. The zero-order chi connectivity index (χ0) is 13.1. The fourth-order valence-electron chi connectivity index (χ4n) is 1.87. The molecular weight excluding hydrogens is 216 g/mol. The van der Waals surface area contributed by atoms with Crippen molar-refractivity contribution in [2.24, 2.45) is 17.6 Å². The van der Waals surface area contributed by atoms with Crippen molar-refractivity contribution in [3.63, 3.8) is 0 Å². The van der Waals surface area contributed by atoms with Crippen molar-refractivity contribution >= 4 is 6.09 Å². The largest absolute Gasteiger partial charge is 0.444 e. The zero-order valence-electron chi connectivity index (χ0n) is 11.5. The van der Waals surface area contributed by atoms with Crippen molar-refractivity contribution in [2.75, 3.05) is 19.6 Å². The van der Waals surface area contributed by atoms with Crippen molar-refractivity contribution < 1.29 is 9.53 Å². The second-order valence-electron chi connectivity index (χ2n) is 6.17. The van der Waals surface area contributed by atoms with E-state index in [1.54, 1.807) is 4.90 Å². The first-order valence-corrected chi connectivity index (χ1v) is 6.50. The van der Waals surface area contributed by atoms with E-state index in [2.05, 4.69) is 6.92 Å². The Morgan fingerprint density at radius 1 is 1.47 bits per heavy atom. The Labute approximate surface area is 104 Å². The number of ether oxygens (including phenoxy) is 1. The first-order chi connectivity index (χ1) is 7.81. The van der Waals surface area contributed by atoms with Crippen LogP contribution in [0.3, 0.4) is 0 Å². The molecule has 100 valence electrons. The maximum Gasteiger partial charge on any atom is 0.410 e. The van der Waals surface area contributed by atoms with Gasteiger partial charge in [0.2, 0.25) is 0 Å². The van der Waals surface area contributed by atoms with Crippen molar-refractivity contribution in [3.05, 3.63) is 0 Å². The smallest absolute Gasteiger partial charge is 0.410 e. The summed E-state index contributed by atoms with van der Waals surface area (Å²) in [6.07, 6.45) is 2.14. The third-order valence-corrected chi connectivity index (χ3v) is 3.08. The molecule has 0 aromatic heterocycles. The number of rotatable bonds is 4. The summed E-state index contributed by atoms with van der Waals surface area (Å²) in [5, 5.41) is 0. The highest BCUT2D eigenvalue weighted by atomic mass is 16.6. The number of amides is 1. The van der Waals surface area contributed by atoms with Crippen LogP contribution in [0.5, 0.6) is 0 Å². The van der Waals surface area contributed by atoms with Gasteiger partial charge in [0.25, 0.3) is 0 Å². The molecule has 1 unspecified atom stereocenters. The maximum absolute atomic E-state index is 11.7. The average Bonchev–Trinajstić information content (AvgIpc) is 2.11.